The molecular weight excluding hydrogens is 396 g/mol. The van der Waals surface area contributed by atoms with Gasteiger partial charge in [0, 0.05) is 17.3 Å². The number of amides is 3. The van der Waals surface area contributed by atoms with Gasteiger partial charge in [-0.2, -0.15) is 0 Å². The Kier molecular flexibility index (Phi) is 5.41. The largest absolute Gasteiger partial charge is 0.497 e. The molecule has 0 bridgehead atoms. The van der Waals surface area contributed by atoms with Gasteiger partial charge >= 0.3 is 0 Å². The van der Waals surface area contributed by atoms with E-state index in [2.05, 4.69) is 5.32 Å². The Balaban J connectivity index is 1.56. The molecule has 1 N–H and O–H groups in total. The van der Waals surface area contributed by atoms with Crippen molar-refractivity contribution in [3.05, 3.63) is 89.0 Å². The SMILES string of the molecule is COc1cc(OC)cc(C(=O)Nc2ccc3c(c2)C(=O)N(Cc2ccccc2)C3=O)c1. The zero-order chi connectivity index (χ0) is 22.0. The lowest BCUT2D eigenvalue weighted by molar-refractivity contribution is 0.0642. The minimum absolute atomic E-state index is 0.193. The molecule has 0 radical (unpaired) electrons. The van der Waals surface area contributed by atoms with Crippen molar-refractivity contribution in [2.24, 2.45) is 0 Å². The zero-order valence-corrected chi connectivity index (χ0v) is 17.0. The first kappa shape index (κ1) is 20.2. The minimum Gasteiger partial charge on any atom is -0.497 e. The van der Waals surface area contributed by atoms with E-state index in [0.717, 1.165) is 5.56 Å². The number of hydrogen-bond donors (Lipinski definition) is 1. The van der Waals surface area contributed by atoms with Crippen LogP contribution in [0.1, 0.15) is 36.6 Å². The van der Waals surface area contributed by atoms with Crippen molar-refractivity contribution in [3.63, 3.8) is 0 Å². The molecule has 1 heterocycles. The third-order valence-corrected chi connectivity index (χ3v) is 5.03. The maximum atomic E-state index is 12.8. The van der Waals surface area contributed by atoms with Crippen molar-refractivity contribution in [3.8, 4) is 11.5 Å². The summed E-state index contributed by atoms with van der Waals surface area (Å²) in [5.41, 5.74) is 2.19. The Morgan fingerprint density at radius 2 is 1.48 bits per heavy atom. The second kappa shape index (κ2) is 8.31. The topological polar surface area (TPSA) is 84.9 Å². The smallest absolute Gasteiger partial charge is 0.261 e. The molecule has 0 atom stereocenters. The molecule has 0 saturated heterocycles. The first-order valence-corrected chi connectivity index (χ1v) is 9.58. The molecule has 0 saturated carbocycles. The molecule has 156 valence electrons. The first-order valence-electron chi connectivity index (χ1n) is 9.58. The van der Waals surface area contributed by atoms with E-state index in [1.807, 2.05) is 30.3 Å². The van der Waals surface area contributed by atoms with Gasteiger partial charge in [0.1, 0.15) is 11.5 Å². The van der Waals surface area contributed by atoms with Crippen molar-refractivity contribution < 1.29 is 23.9 Å². The maximum absolute atomic E-state index is 12.8. The monoisotopic (exact) mass is 416 g/mol. The lowest BCUT2D eigenvalue weighted by Gasteiger charge is -2.13. The van der Waals surface area contributed by atoms with Crippen molar-refractivity contribution in [1.82, 2.24) is 4.90 Å². The molecule has 0 fully saturated rings. The van der Waals surface area contributed by atoms with Crippen LogP contribution in [-0.4, -0.2) is 36.8 Å². The van der Waals surface area contributed by atoms with Crippen LogP contribution in [0, 0.1) is 0 Å². The van der Waals surface area contributed by atoms with E-state index < -0.39 is 5.91 Å². The van der Waals surface area contributed by atoms with Gasteiger partial charge in [-0.3, -0.25) is 19.3 Å². The summed E-state index contributed by atoms with van der Waals surface area (Å²) in [6, 6.07) is 18.8. The number of imide groups is 1. The molecule has 0 aromatic heterocycles. The van der Waals surface area contributed by atoms with Gasteiger partial charge in [0.15, 0.2) is 0 Å². The van der Waals surface area contributed by atoms with Gasteiger partial charge in [-0.05, 0) is 35.9 Å². The molecule has 3 aromatic rings. The number of carbonyl (C=O) groups is 3. The summed E-state index contributed by atoms with van der Waals surface area (Å²) in [7, 11) is 3.00. The molecule has 7 heteroatoms. The molecule has 1 aliphatic rings. The van der Waals surface area contributed by atoms with Crippen LogP contribution in [0.25, 0.3) is 0 Å². The molecule has 3 aromatic carbocycles. The van der Waals surface area contributed by atoms with Gasteiger partial charge in [0.25, 0.3) is 17.7 Å². The lowest BCUT2D eigenvalue weighted by atomic mass is 10.1. The number of nitrogens with one attached hydrogen (secondary N) is 1. The summed E-state index contributed by atoms with van der Waals surface area (Å²) in [6.07, 6.45) is 0. The second-order valence-electron chi connectivity index (χ2n) is 7.00. The van der Waals surface area contributed by atoms with Crippen LogP contribution in [0.2, 0.25) is 0 Å². The Bertz CT molecular complexity index is 1150. The van der Waals surface area contributed by atoms with E-state index in [0.29, 0.717) is 28.3 Å². The zero-order valence-electron chi connectivity index (χ0n) is 17.0. The molecule has 0 unspecified atom stereocenters. The molecule has 1 aliphatic heterocycles. The lowest BCUT2D eigenvalue weighted by Crippen LogP contribution is -2.29. The molecule has 0 spiro atoms. The highest BCUT2D eigenvalue weighted by Crippen LogP contribution is 2.28. The van der Waals surface area contributed by atoms with E-state index >= 15 is 0 Å². The summed E-state index contributed by atoms with van der Waals surface area (Å²) >= 11 is 0. The number of anilines is 1. The number of benzene rings is 3. The highest BCUT2D eigenvalue weighted by atomic mass is 16.5. The Morgan fingerprint density at radius 3 is 2.13 bits per heavy atom. The fourth-order valence-corrected chi connectivity index (χ4v) is 3.42. The number of methoxy groups -OCH3 is 2. The van der Waals surface area contributed by atoms with Crippen LogP contribution in [0.15, 0.2) is 66.7 Å². The molecule has 0 aliphatic carbocycles. The molecule has 3 amide bonds. The van der Waals surface area contributed by atoms with Crippen LogP contribution < -0.4 is 14.8 Å². The van der Waals surface area contributed by atoms with Crippen LogP contribution in [0.5, 0.6) is 11.5 Å². The quantitative estimate of drug-likeness (QED) is 0.619. The fraction of sp³-hybridized carbons (Fsp3) is 0.125. The summed E-state index contributed by atoms with van der Waals surface area (Å²) in [4.78, 5) is 39.5. The molecular formula is C24H20N2O5. The van der Waals surface area contributed by atoms with Gasteiger partial charge < -0.3 is 14.8 Å². The number of carbonyl (C=O) groups excluding carboxylic acids is 3. The van der Waals surface area contributed by atoms with E-state index in [1.165, 1.54) is 25.2 Å². The summed E-state index contributed by atoms with van der Waals surface area (Å²) < 4.78 is 10.4. The maximum Gasteiger partial charge on any atom is 0.261 e. The second-order valence-corrected chi connectivity index (χ2v) is 7.00. The fourth-order valence-electron chi connectivity index (χ4n) is 3.42. The number of fused-ring (bicyclic) bond motifs is 1. The van der Waals surface area contributed by atoms with Crippen LogP contribution in [0.4, 0.5) is 5.69 Å². The Labute approximate surface area is 179 Å². The third kappa shape index (κ3) is 3.98. The van der Waals surface area contributed by atoms with Crippen LogP contribution in [0.3, 0.4) is 0 Å². The summed E-state index contributed by atoms with van der Waals surface area (Å²) in [6.45, 7) is 0.193. The number of nitrogens with zero attached hydrogens (tertiary/aromatic N) is 1. The molecule has 7 nitrogen and oxygen atoms in total. The van der Waals surface area contributed by atoms with Gasteiger partial charge in [-0.25, -0.2) is 0 Å². The summed E-state index contributed by atoms with van der Waals surface area (Å²) in [5.74, 6) is -0.163. The van der Waals surface area contributed by atoms with Gasteiger partial charge in [-0.15, -0.1) is 0 Å². The van der Waals surface area contributed by atoms with E-state index in [4.69, 9.17) is 9.47 Å². The first-order chi connectivity index (χ1) is 15.0. The summed E-state index contributed by atoms with van der Waals surface area (Å²) in [5, 5.41) is 2.76. The number of hydrogen-bond acceptors (Lipinski definition) is 5. The van der Waals surface area contributed by atoms with Gasteiger partial charge in [0.2, 0.25) is 0 Å². The molecule has 31 heavy (non-hydrogen) atoms. The van der Waals surface area contributed by atoms with Crippen LogP contribution in [-0.2, 0) is 6.54 Å². The highest BCUT2D eigenvalue weighted by molar-refractivity contribution is 6.22. The predicted molar refractivity (Wildman–Crippen MR) is 115 cm³/mol. The number of ether oxygens (including phenoxy) is 2. The van der Waals surface area contributed by atoms with E-state index in [-0.39, 0.29) is 23.9 Å². The van der Waals surface area contributed by atoms with E-state index in [1.54, 1.807) is 30.3 Å². The van der Waals surface area contributed by atoms with Crippen molar-refractivity contribution >= 4 is 23.4 Å². The Morgan fingerprint density at radius 1 is 0.839 bits per heavy atom. The van der Waals surface area contributed by atoms with Crippen molar-refractivity contribution in [2.45, 2.75) is 6.54 Å². The average molecular weight is 416 g/mol. The molecule has 4 rings (SSSR count). The highest BCUT2D eigenvalue weighted by Gasteiger charge is 2.35. The third-order valence-electron chi connectivity index (χ3n) is 5.03. The van der Waals surface area contributed by atoms with Gasteiger partial charge in [0.05, 0.1) is 31.9 Å². The van der Waals surface area contributed by atoms with Crippen LogP contribution >= 0.6 is 0 Å². The normalized spacial score (nSPS) is 12.5. The average Bonchev–Trinajstić information content (AvgIpc) is 3.03. The number of rotatable bonds is 6. The van der Waals surface area contributed by atoms with E-state index in [9.17, 15) is 14.4 Å². The minimum atomic E-state index is -0.393. The Hall–Kier alpha value is -4.13. The predicted octanol–water partition coefficient (Wildman–Crippen LogP) is 3.75. The van der Waals surface area contributed by atoms with Crippen molar-refractivity contribution in [1.29, 1.82) is 0 Å². The van der Waals surface area contributed by atoms with Gasteiger partial charge in [-0.1, -0.05) is 30.3 Å². The standard InChI is InChI=1S/C24H20N2O5/c1-30-18-10-16(11-19(13-18)31-2)22(27)25-17-8-9-20-21(12-17)24(29)26(23(20)28)14-15-6-4-3-5-7-15/h3-13H,14H2,1-2H3,(H,25,27). The van der Waals surface area contributed by atoms with Crippen molar-refractivity contribution in [2.75, 3.05) is 19.5 Å².